The third-order valence-electron chi connectivity index (χ3n) is 3.49. The van der Waals surface area contributed by atoms with Crippen LogP contribution in [0, 0.1) is 11.3 Å². The van der Waals surface area contributed by atoms with Gasteiger partial charge in [0.1, 0.15) is 16.7 Å². The van der Waals surface area contributed by atoms with E-state index in [1.165, 1.54) is 22.6 Å². The van der Waals surface area contributed by atoms with Crippen molar-refractivity contribution in [3.05, 3.63) is 24.0 Å². The molecule has 0 aliphatic carbocycles. The molecule has 20 heavy (non-hydrogen) atoms. The molecule has 0 aromatic carbocycles. The van der Waals surface area contributed by atoms with Gasteiger partial charge in [-0.2, -0.15) is 9.57 Å². The second kappa shape index (κ2) is 6.31. The fourth-order valence-corrected chi connectivity index (χ4v) is 4.01. The van der Waals surface area contributed by atoms with E-state index < -0.39 is 10.0 Å². The average molecular weight is 295 g/mol. The van der Waals surface area contributed by atoms with Crippen LogP contribution in [0.4, 0.5) is 0 Å². The summed E-state index contributed by atoms with van der Waals surface area (Å²) in [5, 5.41) is 18.1. The van der Waals surface area contributed by atoms with Crippen LogP contribution in [0.1, 0.15) is 31.4 Å². The number of rotatable bonds is 3. The predicted octanol–water partition coefficient (Wildman–Crippen LogP) is 0.879. The van der Waals surface area contributed by atoms with E-state index in [4.69, 9.17) is 5.26 Å². The first-order valence-electron chi connectivity index (χ1n) is 6.58. The molecule has 1 aromatic rings. The maximum Gasteiger partial charge on any atom is 0.244 e. The van der Waals surface area contributed by atoms with Crippen molar-refractivity contribution in [3.8, 4) is 6.07 Å². The van der Waals surface area contributed by atoms with Crippen molar-refractivity contribution < 1.29 is 13.5 Å². The predicted molar refractivity (Wildman–Crippen MR) is 72.2 cm³/mol. The molecular weight excluding hydrogens is 278 g/mol. The molecule has 2 rings (SSSR count). The minimum atomic E-state index is -3.67. The van der Waals surface area contributed by atoms with Gasteiger partial charge in [-0.15, -0.1) is 0 Å². The number of aromatic nitrogens is 1. The van der Waals surface area contributed by atoms with Crippen molar-refractivity contribution in [2.45, 2.75) is 36.6 Å². The number of hydrogen-bond acceptors (Lipinski definition) is 5. The molecule has 1 aliphatic heterocycles. The zero-order valence-electron chi connectivity index (χ0n) is 11.1. The van der Waals surface area contributed by atoms with Crippen LogP contribution in [0.5, 0.6) is 0 Å². The van der Waals surface area contributed by atoms with Gasteiger partial charge < -0.3 is 5.11 Å². The van der Waals surface area contributed by atoms with Crippen LogP contribution in [-0.2, 0) is 10.0 Å². The number of nitriles is 1. The Morgan fingerprint density at radius 2 is 2.20 bits per heavy atom. The number of sulfonamides is 1. The van der Waals surface area contributed by atoms with Crippen LogP contribution in [-0.4, -0.2) is 42.0 Å². The lowest BCUT2D eigenvalue weighted by Crippen LogP contribution is -2.42. The summed E-state index contributed by atoms with van der Waals surface area (Å²) in [4.78, 5) is 3.87. The summed E-state index contributed by atoms with van der Waals surface area (Å²) in [7, 11) is -3.67. The maximum absolute atomic E-state index is 12.6. The molecule has 1 fully saturated rings. The number of pyridine rings is 1. The second-order valence-corrected chi connectivity index (χ2v) is 6.68. The van der Waals surface area contributed by atoms with Gasteiger partial charge in [0, 0.05) is 18.8 Å². The van der Waals surface area contributed by atoms with E-state index in [-0.39, 0.29) is 23.2 Å². The molecule has 6 nitrogen and oxygen atoms in total. The van der Waals surface area contributed by atoms with E-state index in [0.717, 1.165) is 19.3 Å². The van der Waals surface area contributed by atoms with Gasteiger partial charge in [-0.1, -0.05) is 12.8 Å². The monoisotopic (exact) mass is 295 g/mol. The maximum atomic E-state index is 12.6. The summed E-state index contributed by atoms with van der Waals surface area (Å²) in [5.74, 6) is 0. The highest BCUT2D eigenvalue weighted by atomic mass is 32.2. The fraction of sp³-hybridized carbons (Fsp3) is 0.538. The molecule has 1 saturated heterocycles. The van der Waals surface area contributed by atoms with Crippen LogP contribution in [0.3, 0.4) is 0 Å². The molecule has 7 heteroatoms. The van der Waals surface area contributed by atoms with Gasteiger partial charge in [0.25, 0.3) is 0 Å². The van der Waals surface area contributed by atoms with Crippen LogP contribution in [0.15, 0.2) is 23.2 Å². The highest BCUT2D eigenvalue weighted by Crippen LogP contribution is 2.24. The van der Waals surface area contributed by atoms with E-state index in [9.17, 15) is 13.5 Å². The summed E-state index contributed by atoms with van der Waals surface area (Å²) in [6, 6.07) is 4.26. The Hall–Kier alpha value is -1.49. The number of aliphatic hydroxyl groups excluding tert-OH is 1. The van der Waals surface area contributed by atoms with E-state index in [0.29, 0.717) is 13.0 Å². The van der Waals surface area contributed by atoms with E-state index in [2.05, 4.69) is 4.98 Å². The summed E-state index contributed by atoms with van der Waals surface area (Å²) < 4.78 is 26.6. The van der Waals surface area contributed by atoms with Crippen molar-refractivity contribution in [2.24, 2.45) is 0 Å². The zero-order valence-corrected chi connectivity index (χ0v) is 11.9. The Morgan fingerprint density at radius 1 is 1.40 bits per heavy atom. The van der Waals surface area contributed by atoms with Gasteiger partial charge in [0.2, 0.25) is 10.0 Å². The first-order chi connectivity index (χ1) is 9.59. The van der Waals surface area contributed by atoms with Gasteiger partial charge >= 0.3 is 0 Å². The Labute approximate surface area is 118 Å². The second-order valence-electron chi connectivity index (χ2n) is 4.79. The van der Waals surface area contributed by atoms with Gasteiger partial charge in [-0.05, 0) is 25.0 Å². The minimum absolute atomic E-state index is 0.0665. The SMILES string of the molecule is N#Cc1ccc(S(=O)(=O)N2CCCCCC2CO)cn1. The summed E-state index contributed by atoms with van der Waals surface area (Å²) in [5.41, 5.74) is 0.179. The van der Waals surface area contributed by atoms with Crippen LogP contribution < -0.4 is 0 Å². The van der Waals surface area contributed by atoms with Crippen molar-refractivity contribution in [1.82, 2.24) is 9.29 Å². The third kappa shape index (κ3) is 2.98. The highest BCUT2D eigenvalue weighted by Gasteiger charge is 2.32. The average Bonchev–Trinajstić information content (AvgIpc) is 2.73. The van der Waals surface area contributed by atoms with Crippen LogP contribution >= 0.6 is 0 Å². The number of hydrogen-bond donors (Lipinski definition) is 1. The molecule has 1 unspecified atom stereocenters. The molecule has 0 bridgehead atoms. The van der Waals surface area contributed by atoms with Gasteiger partial charge in [0.05, 0.1) is 6.61 Å². The lowest BCUT2D eigenvalue weighted by atomic mass is 10.1. The van der Waals surface area contributed by atoms with E-state index >= 15 is 0 Å². The van der Waals surface area contributed by atoms with Gasteiger partial charge in [-0.25, -0.2) is 13.4 Å². The van der Waals surface area contributed by atoms with Gasteiger partial charge in [0.15, 0.2) is 0 Å². The lowest BCUT2D eigenvalue weighted by Gasteiger charge is -2.27. The Morgan fingerprint density at radius 3 is 2.80 bits per heavy atom. The van der Waals surface area contributed by atoms with Crippen molar-refractivity contribution in [1.29, 1.82) is 5.26 Å². The summed E-state index contributed by atoms with van der Waals surface area (Å²) >= 11 is 0. The van der Waals surface area contributed by atoms with Crippen molar-refractivity contribution >= 4 is 10.0 Å². The molecule has 0 saturated carbocycles. The standard InChI is InChI=1S/C13H17N3O3S/c14-8-11-5-6-13(9-15-11)20(18,19)16-7-3-1-2-4-12(16)10-17/h5-6,9,12,17H,1-4,7,10H2. The zero-order chi connectivity index (χ0) is 14.6. The molecule has 0 spiro atoms. The minimum Gasteiger partial charge on any atom is -0.395 e. The number of aliphatic hydroxyl groups is 1. The fourth-order valence-electron chi connectivity index (χ4n) is 2.38. The van der Waals surface area contributed by atoms with E-state index in [1.807, 2.05) is 6.07 Å². The molecule has 1 aromatic heterocycles. The van der Waals surface area contributed by atoms with Crippen molar-refractivity contribution in [2.75, 3.05) is 13.2 Å². The van der Waals surface area contributed by atoms with Crippen LogP contribution in [0.25, 0.3) is 0 Å². The van der Waals surface area contributed by atoms with E-state index in [1.54, 1.807) is 0 Å². The van der Waals surface area contributed by atoms with Gasteiger partial charge in [-0.3, -0.25) is 0 Å². The smallest absolute Gasteiger partial charge is 0.244 e. The Kier molecular flexibility index (Phi) is 4.70. The molecule has 1 N–H and O–H groups in total. The molecule has 1 aliphatic rings. The molecule has 108 valence electrons. The topological polar surface area (TPSA) is 94.3 Å². The quantitative estimate of drug-likeness (QED) is 0.893. The molecular formula is C13H17N3O3S. The number of nitrogens with zero attached hydrogens (tertiary/aromatic N) is 3. The lowest BCUT2D eigenvalue weighted by molar-refractivity contribution is 0.186. The Balaban J connectivity index is 2.33. The Bertz CT molecular complexity index is 592. The first kappa shape index (κ1) is 14.9. The van der Waals surface area contributed by atoms with Crippen LogP contribution in [0.2, 0.25) is 0 Å². The molecule has 0 amide bonds. The molecule has 0 radical (unpaired) electrons. The highest BCUT2D eigenvalue weighted by molar-refractivity contribution is 7.89. The van der Waals surface area contributed by atoms with Crippen molar-refractivity contribution in [3.63, 3.8) is 0 Å². The molecule has 2 heterocycles. The summed E-state index contributed by atoms with van der Waals surface area (Å²) in [6.07, 6.45) is 4.54. The first-order valence-corrected chi connectivity index (χ1v) is 8.02. The largest absolute Gasteiger partial charge is 0.395 e. The summed E-state index contributed by atoms with van der Waals surface area (Å²) in [6.45, 7) is 0.233. The molecule has 1 atom stereocenters. The third-order valence-corrected chi connectivity index (χ3v) is 5.43. The normalized spacial score (nSPS) is 21.1.